The first-order valence-corrected chi connectivity index (χ1v) is 6.96. The van der Waals surface area contributed by atoms with Crippen LogP contribution >= 0.6 is 11.6 Å². The molecule has 0 aliphatic heterocycles. The number of aliphatic hydroxyl groups excluding tert-OH is 1. The van der Waals surface area contributed by atoms with Gasteiger partial charge in [0.05, 0.1) is 6.10 Å². The van der Waals surface area contributed by atoms with Crippen molar-refractivity contribution in [3.63, 3.8) is 0 Å². The van der Waals surface area contributed by atoms with E-state index in [4.69, 9.17) is 16.3 Å². The van der Waals surface area contributed by atoms with Gasteiger partial charge in [0, 0.05) is 26.3 Å². The van der Waals surface area contributed by atoms with Crippen LogP contribution in [0.2, 0.25) is 5.15 Å². The van der Waals surface area contributed by atoms with Gasteiger partial charge in [-0.25, -0.2) is 9.97 Å². The first-order valence-electron chi connectivity index (χ1n) is 6.59. The molecule has 0 atom stereocenters. The summed E-state index contributed by atoms with van der Waals surface area (Å²) in [6.07, 6.45) is 1.62. The molecular formula is C13H20ClN3O2. The highest BCUT2D eigenvalue weighted by atomic mass is 35.5. The molecule has 0 aromatic carbocycles. The normalized spacial score (nSPS) is 22.1. The van der Waals surface area contributed by atoms with Gasteiger partial charge in [0.25, 0.3) is 0 Å². The number of anilines is 1. The molecule has 1 aliphatic rings. The van der Waals surface area contributed by atoms with Crippen LogP contribution in [0.15, 0.2) is 6.07 Å². The summed E-state index contributed by atoms with van der Waals surface area (Å²) < 4.78 is 5.30. The highest BCUT2D eigenvalue weighted by Gasteiger charge is 2.28. The van der Waals surface area contributed by atoms with Crippen molar-refractivity contribution in [1.82, 2.24) is 9.97 Å². The third-order valence-corrected chi connectivity index (χ3v) is 3.49. The Labute approximate surface area is 118 Å². The fourth-order valence-electron chi connectivity index (χ4n) is 2.24. The molecule has 0 radical (unpaired) electrons. The minimum absolute atomic E-state index is 0.124. The molecule has 2 rings (SSSR count). The highest BCUT2D eigenvalue weighted by molar-refractivity contribution is 6.29. The molecule has 0 bridgehead atoms. The molecule has 0 amide bonds. The second-order valence-electron chi connectivity index (χ2n) is 4.97. The van der Waals surface area contributed by atoms with Crippen LogP contribution in [0.5, 0.6) is 0 Å². The fourth-order valence-corrected chi connectivity index (χ4v) is 2.43. The Hall–Kier alpha value is -0.910. The number of rotatable bonds is 6. The Balaban J connectivity index is 1.99. The summed E-state index contributed by atoms with van der Waals surface area (Å²) in [4.78, 5) is 10.6. The van der Waals surface area contributed by atoms with Gasteiger partial charge in [0.2, 0.25) is 0 Å². The van der Waals surface area contributed by atoms with Crippen molar-refractivity contribution in [3.8, 4) is 0 Å². The summed E-state index contributed by atoms with van der Waals surface area (Å²) in [7, 11) is 1.98. The van der Waals surface area contributed by atoms with Gasteiger partial charge in [0.15, 0.2) is 5.82 Å². The Morgan fingerprint density at radius 1 is 1.47 bits per heavy atom. The monoisotopic (exact) mass is 285 g/mol. The van der Waals surface area contributed by atoms with Crippen molar-refractivity contribution in [3.05, 3.63) is 17.0 Å². The molecular weight excluding hydrogens is 266 g/mol. The standard InChI is InChI=1S/C13H20ClN3O2/c1-3-19-8-12-15-11(14)6-13(16-12)17(2)7-9-4-10(18)5-9/h6,9-10,18H,3-5,7-8H2,1-2H3. The number of aromatic nitrogens is 2. The van der Waals surface area contributed by atoms with E-state index < -0.39 is 0 Å². The SMILES string of the molecule is CCOCc1nc(Cl)cc(N(C)CC2CC(O)C2)n1. The van der Waals surface area contributed by atoms with Gasteiger partial charge in [-0.1, -0.05) is 11.6 Å². The molecule has 19 heavy (non-hydrogen) atoms. The molecule has 1 aromatic rings. The predicted molar refractivity (Wildman–Crippen MR) is 74.4 cm³/mol. The van der Waals surface area contributed by atoms with Crippen LogP contribution in [-0.4, -0.2) is 41.4 Å². The molecule has 1 aliphatic carbocycles. The van der Waals surface area contributed by atoms with Crippen LogP contribution in [0.3, 0.4) is 0 Å². The maximum absolute atomic E-state index is 9.31. The van der Waals surface area contributed by atoms with Crippen LogP contribution < -0.4 is 4.90 Å². The number of nitrogens with zero attached hydrogens (tertiary/aromatic N) is 3. The van der Waals surface area contributed by atoms with E-state index in [1.54, 1.807) is 6.07 Å². The molecule has 1 N–H and O–H groups in total. The van der Waals surface area contributed by atoms with Gasteiger partial charge in [-0.05, 0) is 25.7 Å². The smallest absolute Gasteiger partial charge is 0.158 e. The maximum atomic E-state index is 9.31. The number of hydrogen-bond donors (Lipinski definition) is 1. The zero-order valence-electron chi connectivity index (χ0n) is 11.3. The van der Waals surface area contributed by atoms with Crippen LogP contribution in [0.1, 0.15) is 25.6 Å². The zero-order valence-corrected chi connectivity index (χ0v) is 12.1. The van der Waals surface area contributed by atoms with Gasteiger partial charge < -0.3 is 14.7 Å². The van der Waals surface area contributed by atoms with E-state index >= 15 is 0 Å². The third kappa shape index (κ3) is 4.03. The molecule has 0 spiro atoms. The molecule has 1 fully saturated rings. The van der Waals surface area contributed by atoms with Crippen molar-refractivity contribution in [2.24, 2.45) is 5.92 Å². The molecule has 0 saturated heterocycles. The molecule has 1 aromatic heterocycles. The summed E-state index contributed by atoms with van der Waals surface area (Å²) in [6, 6.07) is 1.76. The Kier molecular flexibility index (Phi) is 4.96. The number of halogens is 1. The molecule has 1 saturated carbocycles. The molecule has 1 heterocycles. The molecule has 106 valence electrons. The average Bonchev–Trinajstić information content (AvgIpc) is 2.33. The Morgan fingerprint density at radius 3 is 2.84 bits per heavy atom. The van der Waals surface area contributed by atoms with Gasteiger partial charge in [0.1, 0.15) is 17.6 Å². The van der Waals surface area contributed by atoms with Gasteiger partial charge in [-0.3, -0.25) is 0 Å². The van der Waals surface area contributed by atoms with E-state index in [0.717, 1.165) is 25.2 Å². The topological polar surface area (TPSA) is 58.5 Å². The lowest BCUT2D eigenvalue weighted by Gasteiger charge is -2.34. The summed E-state index contributed by atoms with van der Waals surface area (Å²) in [5.41, 5.74) is 0. The fraction of sp³-hybridized carbons (Fsp3) is 0.692. The van der Waals surface area contributed by atoms with Crippen molar-refractivity contribution >= 4 is 17.4 Å². The lowest BCUT2D eigenvalue weighted by Crippen LogP contribution is -2.37. The number of hydrogen-bond acceptors (Lipinski definition) is 5. The van der Waals surface area contributed by atoms with E-state index in [1.165, 1.54) is 0 Å². The molecule has 6 heteroatoms. The quantitative estimate of drug-likeness (QED) is 0.809. The number of aliphatic hydroxyl groups is 1. The predicted octanol–water partition coefficient (Wildman–Crippen LogP) is 1.87. The van der Waals surface area contributed by atoms with E-state index in [-0.39, 0.29) is 6.10 Å². The number of ether oxygens (including phenoxy) is 1. The average molecular weight is 286 g/mol. The van der Waals surface area contributed by atoms with Crippen LogP contribution in [-0.2, 0) is 11.3 Å². The largest absolute Gasteiger partial charge is 0.393 e. The second kappa shape index (κ2) is 6.50. The van der Waals surface area contributed by atoms with Crippen molar-refractivity contribution in [1.29, 1.82) is 0 Å². The second-order valence-corrected chi connectivity index (χ2v) is 5.36. The highest BCUT2D eigenvalue weighted by Crippen LogP contribution is 2.29. The summed E-state index contributed by atoms with van der Waals surface area (Å²) in [5, 5.41) is 9.74. The zero-order chi connectivity index (χ0) is 13.8. The van der Waals surface area contributed by atoms with Gasteiger partial charge >= 0.3 is 0 Å². The lowest BCUT2D eigenvalue weighted by molar-refractivity contribution is 0.0464. The third-order valence-electron chi connectivity index (χ3n) is 3.30. The van der Waals surface area contributed by atoms with Crippen LogP contribution in [0.4, 0.5) is 5.82 Å². The first kappa shape index (κ1) is 14.5. The van der Waals surface area contributed by atoms with E-state index in [2.05, 4.69) is 14.9 Å². The van der Waals surface area contributed by atoms with Crippen molar-refractivity contribution < 1.29 is 9.84 Å². The molecule has 0 unspecified atom stereocenters. The minimum atomic E-state index is -0.124. The summed E-state index contributed by atoms with van der Waals surface area (Å²) in [5.74, 6) is 1.94. The van der Waals surface area contributed by atoms with Gasteiger partial charge in [-0.2, -0.15) is 0 Å². The van der Waals surface area contributed by atoms with E-state index in [9.17, 15) is 5.11 Å². The Bertz CT molecular complexity index is 424. The first-order chi connectivity index (χ1) is 9.08. The van der Waals surface area contributed by atoms with Crippen LogP contribution in [0.25, 0.3) is 0 Å². The molecule has 5 nitrogen and oxygen atoms in total. The minimum Gasteiger partial charge on any atom is -0.393 e. The maximum Gasteiger partial charge on any atom is 0.158 e. The van der Waals surface area contributed by atoms with E-state index in [0.29, 0.717) is 30.1 Å². The summed E-state index contributed by atoms with van der Waals surface area (Å²) >= 11 is 6.01. The Morgan fingerprint density at radius 2 is 2.21 bits per heavy atom. The summed E-state index contributed by atoms with van der Waals surface area (Å²) in [6.45, 7) is 3.80. The van der Waals surface area contributed by atoms with Crippen LogP contribution in [0, 0.1) is 5.92 Å². The lowest BCUT2D eigenvalue weighted by atomic mass is 9.82. The van der Waals surface area contributed by atoms with Gasteiger partial charge in [-0.15, -0.1) is 0 Å². The van der Waals surface area contributed by atoms with E-state index in [1.807, 2.05) is 14.0 Å². The van der Waals surface area contributed by atoms with Crippen molar-refractivity contribution in [2.75, 3.05) is 25.1 Å². The van der Waals surface area contributed by atoms with Crippen molar-refractivity contribution in [2.45, 2.75) is 32.5 Å².